The maximum absolute atomic E-state index is 11.3. The van der Waals surface area contributed by atoms with Crippen molar-refractivity contribution in [3.05, 3.63) is 23.8 Å². The molecule has 0 spiro atoms. The Bertz CT molecular complexity index is 476. The maximum Gasteiger partial charge on any atom is 0.250 e. The number of aliphatic hydroxyl groups excluding tert-OH is 1. The van der Waals surface area contributed by atoms with Crippen molar-refractivity contribution in [3.8, 4) is 0 Å². The van der Waals surface area contributed by atoms with Crippen molar-refractivity contribution in [3.63, 3.8) is 0 Å². The number of hydrogen-bond donors (Lipinski definition) is 3. The quantitative estimate of drug-likeness (QED) is 0.712. The molecular formula is C14H21N3O2. The average Bonchev–Trinajstić information content (AvgIpc) is 2.38. The number of carbonyl (C=O) groups is 1. The lowest BCUT2D eigenvalue weighted by Crippen LogP contribution is -2.43. The van der Waals surface area contributed by atoms with Gasteiger partial charge in [-0.1, -0.05) is 18.9 Å². The van der Waals surface area contributed by atoms with E-state index in [2.05, 4.69) is 0 Å². The predicted molar refractivity (Wildman–Crippen MR) is 76.0 cm³/mol. The molecule has 2 rings (SSSR count). The lowest BCUT2D eigenvalue weighted by molar-refractivity contribution is 0.100. The average molecular weight is 263 g/mol. The van der Waals surface area contributed by atoms with Gasteiger partial charge in [-0.05, 0) is 25.0 Å². The number of aliphatic hydroxyl groups is 1. The smallest absolute Gasteiger partial charge is 0.250 e. The van der Waals surface area contributed by atoms with E-state index < -0.39 is 5.91 Å². The van der Waals surface area contributed by atoms with Crippen LogP contribution in [0.3, 0.4) is 0 Å². The highest BCUT2D eigenvalue weighted by Gasteiger charge is 2.28. The molecule has 1 aromatic rings. The topological polar surface area (TPSA) is 92.6 Å². The number of likely N-dealkylation sites (N-methyl/N-ethyl adjacent to an activating group) is 1. The second-order valence-corrected chi connectivity index (χ2v) is 5.13. The molecule has 1 aliphatic rings. The molecule has 5 N–H and O–H groups in total. The number of benzene rings is 1. The van der Waals surface area contributed by atoms with E-state index in [1.54, 1.807) is 12.1 Å². The minimum absolute atomic E-state index is 0.0409. The van der Waals surface area contributed by atoms with Crippen molar-refractivity contribution < 1.29 is 9.90 Å². The number of carbonyl (C=O) groups excluding carboxylic acids is 1. The number of hydrogen-bond acceptors (Lipinski definition) is 4. The third kappa shape index (κ3) is 2.66. The van der Waals surface area contributed by atoms with Gasteiger partial charge in [-0.3, -0.25) is 4.79 Å². The number of primary amides is 1. The van der Waals surface area contributed by atoms with Crippen LogP contribution in [-0.4, -0.2) is 30.2 Å². The molecule has 0 aliphatic heterocycles. The first-order chi connectivity index (χ1) is 9.02. The van der Waals surface area contributed by atoms with Gasteiger partial charge >= 0.3 is 0 Å². The van der Waals surface area contributed by atoms with Gasteiger partial charge in [0, 0.05) is 7.05 Å². The summed E-state index contributed by atoms with van der Waals surface area (Å²) in [6, 6.07) is 5.27. The Balaban J connectivity index is 2.30. The van der Waals surface area contributed by atoms with E-state index in [-0.39, 0.29) is 12.1 Å². The van der Waals surface area contributed by atoms with Crippen LogP contribution in [0.5, 0.6) is 0 Å². The van der Waals surface area contributed by atoms with Gasteiger partial charge in [0.05, 0.1) is 29.1 Å². The molecule has 0 aromatic heterocycles. The molecule has 1 saturated carbocycles. The third-order valence-corrected chi connectivity index (χ3v) is 3.92. The van der Waals surface area contributed by atoms with E-state index in [0.717, 1.165) is 31.4 Å². The zero-order valence-corrected chi connectivity index (χ0v) is 11.2. The summed E-state index contributed by atoms with van der Waals surface area (Å²) >= 11 is 0. The van der Waals surface area contributed by atoms with E-state index in [4.69, 9.17) is 11.5 Å². The first-order valence-corrected chi connectivity index (χ1v) is 6.61. The second-order valence-electron chi connectivity index (χ2n) is 5.13. The molecule has 0 bridgehead atoms. The van der Waals surface area contributed by atoms with Crippen molar-refractivity contribution in [2.24, 2.45) is 5.73 Å². The molecule has 0 saturated heterocycles. The lowest BCUT2D eigenvalue weighted by Gasteiger charge is -2.37. The highest BCUT2D eigenvalue weighted by molar-refractivity contribution is 6.00. The van der Waals surface area contributed by atoms with E-state index in [0.29, 0.717) is 11.3 Å². The lowest BCUT2D eigenvalue weighted by atomic mass is 9.91. The van der Waals surface area contributed by atoms with E-state index >= 15 is 0 Å². The molecule has 5 heteroatoms. The minimum Gasteiger partial charge on any atom is -0.396 e. The standard InChI is InChI=1S/C14H21N3O2/c1-17(10-6-2-3-8-12(10)18)11-7-4-5-9(13(11)15)14(16)19/h4-5,7,10,12,18H,2-3,6,8,15H2,1H3,(H2,16,19). The van der Waals surface area contributed by atoms with Gasteiger partial charge in [0.1, 0.15) is 0 Å². The number of para-hydroxylation sites is 1. The number of nitrogens with zero attached hydrogens (tertiary/aromatic N) is 1. The minimum atomic E-state index is -0.531. The number of amides is 1. The fourth-order valence-electron chi connectivity index (χ4n) is 2.80. The largest absolute Gasteiger partial charge is 0.396 e. The molecule has 2 unspecified atom stereocenters. The molecule has 1 aliphatic carbocycles. The molecule has 1 amide bonds. The Hall–Kier alpha value is -1.75. The number of anilines is 2. The summed E-state index contributed by atoms with van der Waals surface area (Å²) in [5, 5.41) is 10.1. The SMILES string of the molecule is CN(c1cccc(C(N)=O)c1N)C1CCCCC1O. The van der Waals surface area contributed by atoms with Crippen LogP contribution in [0, 0.1) is 0 Å². The normalized spacial score (nSPS) is 23.1. The Labute approximate surface area is 113 Å². The van der Waals surface area contributed by atoms with E-state index in [9.17, 15) is 9.90 Å². The molecule has 0 radical (unpaired) electrons. The molecule has 1 fully saturated rings. The van der Waals surface area contributed by atoms with Crippen LogP contribution < -0.4 is 16.4 Å². The van der Waals surface area contributed by atoms with Crippen molar-refractivity contribution in [1.82, 2.24) is 0 Å². The Morgan fingerprint density at radius 3 is 2.68 bits per heavy atom. The first-order valence-electron chi connectivity index (χ1n) is 6.61. The van der Waals surface area contributed by atoms with Crippen molar-refractivity contribution in [2.45, 2.75) is 37.8 Å². The molecule has 0 heterocycles. The van der Waals surface area contributed by atoms with Gasteiger partial charge in [-0.25, -0.2) is 0 Å². The van der Waals surface area contributed by atoms with Crippen LogP contribution in [0.25, 0.3) is 0 Å². The second kappa shape index (κ2) is 5.48. The monoisotopic (exact) mass is 263 g/mol. The molecule has 2 atom stereocenters. The van der Waals surface area contributed by atoms with Crippen LogP contribution in [0.15, 0.2) is 18.2 Å². The summed E-state index contributed by atoms with van der Waals surface area (Å²) in [6.07, 6.45) is 3.54. The summed E-state index contributed by atoms with van der Waals surface area (Å²) in [6.45, 7) is 0. The number of rotatable bonds is 3. The van der Waals surface area contributed by atoms with Crippen LogP contribution in [0.2, 0.25) is 0 Å². The zero-order valence-electron chi connectivity index (χ0n) is 11.2. The van der Waals surface area contributed by atoms with Crippen LogP contribution in [-0.2, 0) is 0 Å². The fourth-order valence-corrected chi connectivity index (χ4v) is 2.80. The summed E-state index contributed by atoms with van der Waals surface area (Å²) < 4.78 is 0. The first kappa shape index (κ1) is 13.7. The maximum atomic E-state index is 11.3. The van der Waals surface area contributed by atoms with Crippen molar-refractivity contribution in [2.75, 3.05) is 17.7 Å². The molecule has 1 aromatic carbocycles. The summed E-state index contributed by atoms with van der Waals surface area (Å²) in [4.78, 5) is 13.3. The summed E-state index contributed by atoms with van der Waals surface area (Å²) in [5.74, 6) is -0.531. The van der Waals surface area contributed by atoms with Crippen molar-refractivity contribution in [1.29, 1.82) is 0 Å². The molecule has 19 heavy (non-hydrogen) atoms. The summed E-state index contributed by atoms with van der Waals surface area (Å²) in [5.41, 5.74) is 12.8. The number of nitrogen functional groups attached to an aromatic ring is 1. The molecule has 104 valence electrons. The van der Waals surface area contributed by atoms with Crippen LogP contribution in [0.4, 0.5) is 11.4 Å². The fraction of sp³-hybridized carbons (Fsp3) is 0.500. The van der Waals surface area contributed by atoms with Gasteiger partial charge in [0.25, 0.3) is 5.91 Å². The van der Waals surface area contributed by atoms with E-state index in [1.165, 1.54) is 0 Å². The van der Waals surface area contributed by atoms with Gasteiger partial charge in [-0.15, -0.1) is 0 Å². The van der Waals surface area contributed by atoms with Gasteiger partial charge in [0.2, 0.25) is 0 Å². The molecule has 5 nitrogen and oxygen atoms in total. The third-order valence-electron chi connectivity index (χ3n) is 3.92. The van der Waals surface area contributed by atoms with Crippen LogP contribution in [0.1, 0.15) is 36.0 Å². The Kier molecular flexibility index (Phi) is 3.95. The predicted octanol–water partition coefficient (Wildman–Crippen LogP) is 1.11. The summed E-state index contributed by atoms with van der Waals surface area (Å²) in [7, 11) is 1.90. The van der Waals surface area contributed by atoms with Gasteiger partial charge < -0.3 is 21.5 Å². The van der Waals surface area contributed by atoms with Crippen molar-refractivity contribution >= 4 is 17.3 Å². The molecular weight excluding hydrogens is 242 g/mol. The number of nitrogens with two attached hydrogens (primary N) is 2. The van der Waals surface area contributed by atoms with Gasteiger partial charge in [-0.2, -0.15) is 0 Å². The van der Waals surface area contributed by atoms with Crippen LogP contribution >= 0.6 is 0 Å². The Morgan fingerprint density at radius 2 is 2.05 bits per heavy atom. The highest BCUT2D eigenvalue weighted by atomic mass is 16.3. The van der Waals surface area contributed by atoms with E-state index in [1.807, 2.05) is 18.0 Å². The highest BCUT2D eigenvalue weighted by Crippen LogP contribution is 2.31. The van der Waals surface area contributed by atoms with Gasteiger partial charge in [0.15, 0.2) is 0 Å². The zero-order chi connectivity index (χ0) is 14.0. The Morgan fingerprint density at radius 1 is 1.37 bits per heavy atom.